The first-order chi connectivity index (χ1) is 5.13. The number of hydrogen-bond acceptors (Lipinski definition) is 3. The molecule has 0 rings (SSSR count). The van der Waals surface area contributed by atoms with E-state index in [2.05, 4.69) is 4.74 Å². The Kier molecular flexibility index (Phi) is 4.26. The van der Waals surface area contributed by atoms with Crippen LogP contribution in [0.3, 0.4) is 0 Å². The molecule has 0 radical (unpaired) electrons. The third kappa shape index (κ3) is 3.02. The molecule has 0 spiro atoms. The van der Waals surface area contributed by atoms with Crippen LogP contribution in [0.2, 0.25) is 0 Å². The Balaban J connectivity index is 4.03. The van der Waals surface area contributed by atoms with Gasteiger partial charge >= 0.3 is 5.97 Å². The van der Waals surface area contributed by atoms with Gasteiger partial charge in [0.2, 0.25) is 5.91 Å². The van der Waals surface area contributed by atoms with Crippen molar-refractivity contribution in [2.45, 2.75) is 20.3 Å². The second-order valence-corrected chi connectivity index (χ2v) is 2.12. The lowest BCUT2D eigenvalue weighted by Gasteiger charge is -2.08. The molecule has 0 aliphatic heterocycles. The zero-order valence-electron chi connectivity index (χ0n) is 6.79. The maximum Gasteiger partial charge on any atom is 0.318 e. The molecular formula is C7H13NO3. The highest BCUT2D eigenvalue weighted by atomic mass is 16.5. The molecule has 0 aliphatic carbocycles. The van der Waals surface area contributed by atoms with E-state index < -0.39 is 17.8 Å². The number of nitrogens with two attached hydrogens (primary N) is 1. The van der Waals surface area contributed by atoms with Crippen molar-refractivity contribution in [3.63, 3.8) is 0 Å². The predicted molar refractivity (Wildman–Crippen MR) is 39.6 cm³/mol. The molecule has 0 fully saturated rings. The second-order valence-electron chi connectivity index (χ2n) is 2.12. The highest BCUT2D eigenvalue weighted by Crippen LogP contribution is 2.03. The normalized spacial score (nSPS) is 12.2. The van der Waals surface area contributed by atoms with Crippen LogP contribution >= 0.6 is 0 Å². The number of esters is 1. The minimum atomic E-state index is -0.782. The zero-order chi connectivity index (χ0) is 8.85. The third-order valence-electron chi connectivity index (χ3n) is 1.32. The average molecular weight is 159 g/mol. The number of primary amides is 1. The standard InChI is InChI=1S/C7H13NO3/c1-3-5(6(8)9)7(10)11-4-2/h5H,3-4H2,1-2H3,(H2,8,9). The van der Waals surface area contributed by atoms with E-state index in [0.29, 0.717) is 6.42 Å². The Morgan fingerprint density at radius 1 is 1.45 bits per heavy atom. The Labute approximate surface area is 65.7 Å². The van der Waals surface area contributed by atoms with Crippen molar-refractivity contribution in [3.8, 4) is 0 Å². The van der Waals surface area contributed by atoms with Gasteiger partial charge in [-0.25, -0.2) is 0 Å². The Hall–Kier alpha value is -1.06. The molecule has 4 nitrogen and oxygen atoms in total. The van der Waals surface area contributed by atoms with Gasteiger partial charge in [-0.1, -0.05) is 6.92 Å². The van der Waals surface area contributed by atoms with Crippen LogP contribution < -0.4 is 5.73 Å². The van der Waals surface area contributed by atoms with Crippen LogP contribution in [0.1, 0.15) is 20.3 Å². The maximum atomic E-state index is 10.9. The van der Waals surface area contributed by atoms with Gasteiger partial charge in [-0.2, -0.15) is 0 Å². The van der Waals surface area contributed by atoms with E-state index in [1.54, 1.807) is 13.8 Å². The quantitative estimate of drug-likeness (QED) is 0.466. The fourth-order valence-corrected chi connectivity index (χ4v) is 0.727. The average Bonchev–Trinajstić information content (AvgIpc) is 1.88. The van der Waals surface area contributed by atoms with Crippen molar-refractivity contribution in [1.29, 1.82) is 0 Å². The zero-order valence-corrected chi connectivity index (χ0v) is 6.79. The molecule has 0 heterocycles. The summed E-state index contributed by atoms with van der Waals surface area (Å²) in [6.45, 7) is 3.68. The molecule has 0 aromatic heterocycles. The lowest BCUT2D eigenvalue weighted by molar-refractivity contribution is -0.151. The lowest BCUT2D eigenvalue weighted by Crippen LogP contribution is -2.31. The molecule has 0 aromatic rings. The predicted octanol–water partition coefficient (Wildman–Crippen LogP) is 0.0610. The Bertz CT molecular complexity index is 156. The summed E-state index contributed by atoms with van der Waals surface area (Å²) in [4.78, 5) is 21.5. The first-order valence-electron chi connectivity index (χ1n) is 3.59. The van der Waals surface area contributed by atoms with Crippen LogP contribution in [0.5, 0.6) is 0 Å². The summed E-state index contributed by atoms with van der Waals surface area (Å²) in [5.74, 6) is -1.93. The maximum absolute atomic E-state index is 10.9. The summed E-state index contributed by atoms with van der Waals surface area (Å²) in [6.07, 6.45) is 0.397. The summed E-state index contributed by atoms with van der Waals surface area (Å²) in [5, 5.41) is 0. The number of amides is 1. The van der Waals surface area contributed by atoms with Gasteiger partial charge < -0.3 is 10.5 Å². The Morgan fingerprint density at radius 2 is 2.00 bits per heavy atom. The number of ether oxygens (including phenoxy) is 1. The van der Waals surface area contributed by atoms with E-state index in [4.69, 9.17) is 5.73 Å². The molecule has 1 unspecified atom stereocenters. The molecule has 0 aliphatic rings. The van der Waals surface area contributed by atoms with Crippen LogP contribution in [-0.4, -0.2) is 18.5 Å². The molecule has 0 bridgehead atoms. The Morgan fingerprint density at radius 3 is 2.27 bits per heavy atom. The van der Waals surface area contributed by atoms with E-state index >= 15 is 0 Å². The summed E-state index contributed by atoms with van der Waals surface area (Å²) in [7, 11) is 0. The molecular weight excluding hydrogens is 146 g/mol. The number of carbonyl (C=O) groups is 2. The van der Waals surface area contributed by atoms with Crippen molar-refractivity contribution in [2.75, 3.05) is 6.61 Å². The fourth-order valence-electron chi connectivity index (χ4n) is 0.727. The SMILES string of the molecule is CCOC(=O)C(CC)C(N)=O. The number of carbonyl (C=O) groups excluding carboxylic acids is 2. The van der Waals surface area contributed by atoms with Crippen molar-refractivity contribution >= 4 is 11.9 Å². The van der Waals surface area contributed by atoms with Crippen molar-refractivity contribution in [1.82, 2.24) is 0 Å². The highest BCUT2D eigenvalue weighted by molar-refractivity contribution is 5.96. The van der Waals surface area contributed by atoms with Crippen molar-refractivity contribution in [2.24, 2.45) is 11.7 Å². The van der Waals surface area contributed by atoms with Crippen LogP contribution in [0.15, 0.2) is 0 Å². The molecule has 2 N–H and O–H groups in total. The topological polar surface area (TPSA) is 69.4 Å². The monoisotopic (exact) mass is 159 g/mol. The largest absolute Gasteiger partial charge is 0.465 e. The fraction of sp³-hybridized carbons (Fsp3) is 0.714. The summed E-state index contributed by atoms with van der Waals surface area (Å²) in [6, 6.07) is 0. The van der Waals surface area contributed by atoms with Crippen LogP contribution in [-0.2, 0) is 14.3 Å². The van der Waals surface area contributed by atoms with Crippen LogP contribution in [0.4, 0.5) is 0 Å². The minimum absolute atomic E-state index is 0.280. The minimum Gasteiger partial charge on any atom is -0.465 e. The molecule has 64 valence electrons. The summed E-state index contributed by atoms with van der Waals surface area (Å²) < 4.78 is 4.62. The first kappa shape index (κ1) is 9.94. The van der Waals surface area contributed by atoms with Gasteiger partial charge in [0.25, 0.3) is 0 Å². The van der Waals surface area contributed by atoms with Gasteiger partial charge in [0.1, 0.15) is 5.92 Å². The van der Waals surface area contributed by atoms with Crippen molar-refractivity contribution < 1.29 is 14.3 Å². The molecule has 0 saturated heterocycles. The van der Waals surface area contributed by atoms with Crippen molar-refractivity contribution in [3.05, 3.63) is 0 Å². The van der Waals surface area contributed by atoms with Gasteiger partial charge in [0, 0.05) is 0 Å². The third-order valence-corrected chi connectivity index (χ3v) is 1.32. The molecule has 4 heteroatoms. The number of hydrogen-bond donors (Lipinski definition) is 1. The lowest BCUT2D eigenvalue weighted by atomic mass is 10.1. The second kappa shape index (κ2) is 4.71. The highest BCUT2D eigenvalue weighted by Gasteiger charge is 2.22. The van der Waals surface area contributed by atoms with E-state index in [1.807, 2.05) is 0 Å². The van der Waals surface area contributed by atoms with E-state index in [0.717, 1.165) is 0 Å². The first-order valence-corrected chi connectivity index (χ1v) is 3.59. The molecule has 0 saturated carbocycles. The van der Waals surface area contributed by atoms with E-state index in [-0.39, 0.29) is 6.61 Å². The van der Waals surface area contributed by atoms with E-state index in [1.165, 1.54) is 0 Å². The van der Waals surface area contributed by atoms with E-state index in [9.17, 15) is 9.59 Å². The van der Waals surface area contributed by atoms with Gasteiger partial charge in [-0.15, -0.1) is 0 Å². The number of rotatable bonds is 4. The van der Waals surface area contributed by atoms with Gasteiger partial charge in [0.05, 0.1) is 6.61 Å². The van der Waals surface area contributed by atoms with Gasteiger partial charge in [-0.3, -0.25) is 9.59 Å². The van der Waals surface area contributed by atoms with Gasteiger partial charge in [-0.05, 0) is 13.3 Å². The molecule has 1 atom stereocenters. The molecule has 1 amide bonds. The van der Waals surface area contributed by atoms with Crippen LogP contribution in [0.25, 0.3) is 0 Å². The molecule has 11 heavy (non-hydrogen) atoms. The molecule has 0 aromatic carbocycles. The summed E-state index contributed by atoms with van der Waals surface area (Å²) in [5.41, 5.74) is 4.94. The smallest absolute Gasteiger partial charge is 0.318 e. The summed E-state index contributed by atoms with van der Waals surface area (Å²) >= 11 is 0. The van der Waals surface area contributed by atoms with Gasteiger partial charge in [0.15, 0.2) is 0 Å². The van der Waals surface area contributed by atoms with Crippen LogP contribution in [0, 0.1) is 5.92 Å².